The Balaban J connectivity index is 1.56. The zero-order valence-electron chi connectivity index (χ0n) is 9.61. The van der Waals surface area contributed by atoms with Gasteiger partial charge in [0.25, 0.3) is 0 Å². The molecule has 3 aliphatic rings. The predicted octanol–water partition coefficient (Wildman–Crippen LogP) is 0.112. The van der Waals surface area contributed by atoms with Gasteiger partial charge in [0.2, 0.25) is 5.91 Å². The lowest BCUT2D eigenvalue weighted by Crippen LogP contribution is -2.66. The smallest absolute Gasteiger partial charge is 0.221 e. The topological polar surface area (TPSA) is 52.6 Å². The van der Waals surface area contributed by atoms with Gasteiger partial charge in [-0.05, 0) is 31.6 Å². The molecule has 2 heterocycles. The average molecular weight is 224 g/mol. The Kier molecular flexibility index (Phi) is 2.44. The normalized spacial score (nSPS) is 35.1. The first-order valence-corrected chi connectivity index (χ1v) is 6.40. The molecule has 1 aliphatic carbocycles. The largest absolute Gasteiger partial charge is 0.387 e. The molecule has 4 nitrogen and oxygen atoms in total. The summed E-state index contributed by atoms with van der Waals surface area (Å²) in [5.74, 6) is 0.715. The number of likely N-dealkylation sites (tertiary alicyclic amines) is 1. The van der Waals surface area contributed by atoms with Crippen LogP contribution in [0.2, 0.25) is 0 Å². The molecule has 90 valence electrons. The van der Waals surface area contributed by atoms with Crippen molar-refractivity contribution in [3.8, 4) is 0 Å². The molecule has 1 saturated carbocycles. The van der Waals surface area contributed by atoms with Crippen molar-refractivity contribution < 1.29 is 9.90 Å². The van der Waals surface area contributed by atoms with Crippen molar-refractivity contribution >= 4 is 5.91 Å². The van der Waals surface area contributed by atoms with Crippen LogP contribution in [0.15, 0.2) is 0 Å². The summed E-state index contributed by atoms with van der Waals surface area (Å²) >= 11 is 0. The molecule has 0 spiro atoms. The molecule has 2 saturated heterocycles. The van der Waals surface area contributed by atoms with E-state index in [1.54, 1.807) is 0 Å². The van der Waals surface area contributed by atoms with E-state index >= 15 is 0 Å². The Labute approximate surface area is 96.0 Å². The van der Waals surface area contributed by atoms with Gasteiger partial charge in [-0.2, -0.15) is 0 Å². The maximum Gasteiger partial charge on any atom is 0.221 e. The number of carbonyl (C=O) groups is 1. The van der Waals surface area contributed by atoms with Crippen LogP contribution in [0.4, 0.5) is 0 Å². The van der Waals surface area contributed by atoms with Gasteiger partial charge in [0.1, 0.15) is 0 Å². The second-order valence-electron chi connectivity index (χ2n) is 5.63. The minimum absolute atomic E-state index is 0.171. The van der Waals surface area contributed by atoms with Crippen LogP contribution >= 0.6 is 0 Å². The zero-order chi connectivity index (χ0) is 11.2. The minimum Gasteiger partial charge on any atom is -0.387 e. The summed E-state index contributed by atoms with van der Waals surface area (Å²) < 4.78 is 0. The fourth-order valence-corrected chi connectivity index (χ4v) is 3.06. The summed E-state index contributed by atoms with van der Waals surface area (Å²) in [4.78, 5) is 13.7. The summed E-state index contributed by atoms with van der Waals surface area (Å²) in [6.07, 6.45) is 5.14. The summed E-state index contributed by atoms with van der Waals surface area (Å²) in [7, 11) is 0. The number of β-amino-alcohol motifs (C(OH)–C–C–N with tert-alkyl or cyclic N) is 1. The van der Waals surface area contributed by atoms with Crippen molar-refractivity contribution in [2.45, 2.75) is 43.7 Å². The highest BCUT2D eigenvalue weighted by Gasteiger charge is 2.53. The van der Waals surface area contributed by atoms with Crippen LogP contribution in [0, 0.1) is 5.92 Å². The monoisotopic (exact) mass is 224 g/mol. The predicted molar refractivity (Wildman–Crippen MR) is 59.9 cm³/mol. The van der Waals surface area contributed by atoms with Crippen LogP contribution in [-0.4, -0.2) is 47.2 Å². The molecule has 1 unspecified atom stereocenters. The van der Waals surface area contributed by atoms with E-state index in [1.165, 1.54) is 12.8 Å². The number of aliphatic hydroxyl groups is 1. The Bertz CT molecular complexity index is 295. The fourth-order valence-electron chi connectivity index (χ4n) is 3.06. The van der Waals surface area contributed by atoms with Crippen molar-refractivity contribution in [1.29, 1.82) is 0 Å². The van der Waals surface area contributed by atoms with Crippen molar-refractivity contribution in [2.75, 3.05) is 19.6 Å². The van der Waals surface area contributed by atoms with Gasteiger partial charge in [0.15, 0.2) is 0 Å². The van der Waals surface area contributed by atoms with Crippen LogP contribution in [0.1, 0.15) is 32.1 Å². The van der Waals surface area contributed by atoms with Crippen LogP contribution in [-0.2, 0) is 4.79 Å². The van der Waals surface area contributed by atoms with Gasteiger partial charge in [0.05, 0.1) is 5.60 Å². The molecule has 2 aliphatic heterocycles. The molecule has 1 amide bonds. The Hall–Kier alpha value is -0.610. The average Bonchev–Trinajstić information content (AvgIpc) is 2.99. The Morgan fingerprint density at radius 2 is 2.06 bits per heavy atom. The zero-order valence-corrected chi connectivity index (χ0v) is 9.61. The van der Waals surface area contributed by atoms with Gasteiger partial charge in [-0.1, -0.05) is 0 Å². The number of hydrogen-bond acceptors (Lipinski definition) is 3. The molecule has 2 N–H and O–H groups in total. The third-order valence-corrected chi connectivity index (χ3v) is 4.26. The molecular formula is C12H20N2O2. The highest BCUT2D eigenvalue weighted by atomic mass is 16.3. The van der Waals surface area contributed by atoms with E-state index in [2.05, 4.69) is 10.2 Å². The SMILES string of the molecule is O=C1CC(N2CC(O)(C3CC3)C2)CCCN1. The Morgan fingerprint density at radius 1 is 1.31 bits per heavy atom. The molecule has 1 atom stereocenters. The highest BCUT2D eigenvalue weighted by Crippen LogP contribution is 2.45. The van der Waals surface area contributed by atoms with E-state index in [0.717, 1.165) is 32.5 Å². The van der Waals surface area contributed by atoms with Gasteiger partial charge in [-0.3, -0.25) is 9.69 Å². The number of nitrogens with zero attached hydrogens (tertiary/aromatic N) is 1. The summed E-state index contributed by atoms with van der Waals surface area (Å²) in [6, 6.07) is 0.363. The molecule has 0 radical (unpaired) electrons. The van der Waals surface area contributed by atoms with Crippen molar-refractivity contribution in [1.82, 2.24) is 10.2 Å². The first-order chi connectivity index (χ1) is 7.67. The number of carbonyl (C=O) groups excluding carboxylic acids is 1. The van der Waals surface area contributed by atoms with Gasteiger partial charge in [0, 0.05) is 32.1 Å². The summed E-state index contributed by atoms with van der Waals surface area (Å²) in [6.45, 7) is 2.39. The lowest BCUT2D eigenvalue weighted by molar-refractivity contribution is -0.138. The molecule has 0 bridgehead atoms. The second kappa shape index (κ2) is 3.70. The lowest BCUT2D eigenvalue weighted by Gasteiger charge is -2.50. The Morgan fingerprint density at radius 3 is 2.75 bits per heavy atom. The van der Waals surface area contributed by atoms with Crippen molar-refractivity contribution in [3.63, 3.8) is 0 Å². The molecule has 0 aromatic heterocycles. The van der Waals surface area contributed by atoms with E-state index in [1.807, 2.05) is 0 Å². The summed E-state index contributed by atoms with van der Waals surface area (Å²) in [5.41, 5.74) is -0.414. The van der Waals surface area contributed by atoms with E-state index in [4.69, 9.17) is 0 Å². The second-order valence-corrected chi connectivity index (χ2v) is 5.63. The van der Waals surface area contributed by atoms with Gasteiger partial charge < -0.3 is 10.4 Å². The van der Waals surface area contributed by atoms with E-state index in [0.29, 0.717) is 18.4 Å². The number of nitrogens with one attached hydrogen (secondary N) is 1. The van der Waals surface area contributed by atoms with E-state index in [-0.39, 0.29) is 5.91 Å². The van der Waals surface area contributed by atoms with Crippen LogP contribution < -0.4 is 5.32 Å². The molecule has 4 heteroatoms. The molecule has 3 rings (SSSR count). The van der Waals surface area contributed by atoms with E-state index < -0.39 is 5.60 Å². The van der Waals surface area contributed by atoms with Crippen LogP contribution in [0.5, 0.6) is 0 Å². The molecular weight excluding hydrogens is 204 g/mol. The summed E-state index contributed by atoms with van der Waals surface area (Å²) in [5, 5.41) is 13.2. The third-order valence-electron chi connectivity index (χ3n) is 4.26. The standard InChI is InChI=1S/C12H20N2O2/c15-11-6-10(2-1-5-13-11)14-7-12(16,8-14)9-3-4-9/h9-10,16H,1-8H2,(H,13,15). The highest BCUT2D eigenvalue weighted by molar-refractivity contribution is 5.76. The number of amides is 1. The third kappa shape index (κ3) is 1.84. The molecule has 16 heavy (non-hydrogen) atoms. The molecule has 0 aromatic rings. The lowest BCUT2D eigenvalue weighted by atomic mass is 9.86. The number of rotatable bonds is 2. The number of hydrogen-bond donors (Lipinski definition) is 2. The van der Waals surface area contributed by atoms with Crippen molar-refractivity contribution in [3.05, 3.63) is 0 Å². The molecule has 0 aromatic carbocycles. The van der Waals surface area contributed by atoms with Crippen molar-refractivity contribution in [2.24, 2.45) is 5.92 Å². The first-order valence-electron chi connectivity index (χ1n) is 6.40. The minimum atomic E-state index is -0.414. The maximum atomic E-state index is 11.4. The van der Waals surface area contributed by atoms with Gasteiger partial charge in [-0.25, -0.2) is 0 Å². The van der Waals surface area contributed by atoms with E-state index in [9.17, 15) is 9.90 Å². The molecule has 3 fully saturated rings. The van der Waals surface area contributed by atoms with Crippen LogP contribution in [0.3, 0.4) is 0 Å². The van der Waals surface area contributed by atoms with Crippen LogP contribution in [0.25, 0.3) is 0 Å². The first kappa shape index (κ1) is 10.5. The maximum absolute atomic E-state index is 11.4. The quantitative estimate of drug-likeness (QED) is 0.700. The van der Waals surface area contributed by atoms with Gasteiger partial charge >= 0.3 is 0 Å². The van der Waals surface area contributed by atoms with Gasteiger partial charge in [-0.15, -0.1) is 0 Å². The fraction of sp³-hybridized carbons (Fsp3) is 0.917.